The summed E-state index contributed by atoms with van der Waals surface area (Å²) in [6, 6.07) is 0. The molecule has 0 aromatic heterocycles. The lowest BCUT2D eigenvalue weighted by Gasteiger charge is -2.10. The summed E-state index contributed by atoms with van der Waals surface area (Å²) in [6.45, 7) is 2.07. The zero-order chi connectivity index (χ0) is 6.69. The number of hydrogen-bond acceptors (Lipinski definition) is 2. The van der Waals surface area contributed by atoms with Crippen LogP contribution in [0, 0.1) is 0 Å². The van der Waals surface area contributed by atoms with Gasteiger partial charge in [0.05, 0.1) is 0 Å². The summed E-state index contributed by atoms with van der Waals surface area (Å²) in [5.74, 6) is 0. The molecule has 1 aliphatic rings. The van der Waals surface area contributed by atoms with Crippen LogP contribution in [0.2, 0.25) is 0 Å². The fourth-order valence-corrected chi connectivity index (χ4v) is 2.54. The van der Waals surface area contributed by atoms with E-state index in [1.807, 2.05) is 11.8 Å². The second kappa shape index (κ2) is 3.47. The summed E-state index contributed by atoms with van der Waals surface area (Å²) >= 11 is 1.94. The van der Waals surface area contributed by atoms with Gasteiger partial charge in [0.15, 0.2) is 0 Å². The predicted molar refractivity (Wildman–Crippen MR) is 43.5 cm³/mol. The van der Waals surface area contributed by atoms with Crippen molar-refractivity contribution in [3.05, 3.63) is 0 Å². The van der Waals surface area contributed by atoms with Crippen LogP contribution >= 0.6 is 11.8 Å². The fourth-order valence-electron chi connectivity index (χ4n) is 1.33. The molecule has 1 rings (SSSR count). The maximum Gasteiger partial charge on any atom is 0.0481 e. The Morgan fingerprint density at radius 1 is 1.44 bits per heavy atom. The Hall–Kier alpha value is 0.310. The van der Waals surface area contributed by atoms with Gasteiger partial charge in [-0.25, -0.2) is 0 Å². The topological polar surface area (TPSA) is 26.0 Å². The first-order chi connectivity index (χ1) is 4.29. The summed E-state index contributed by atoms with van der Waals surface area (Å²) in [6.07, 6.45) is 5.63. The van der Waals surface area contributed by atoms with E-state index in [0.717, 1.165) is 5.25 Å². The Morgan fingerprint density at radius 3 is 2.44 bits per heavy atom. The third-order valence-electron chi connectivity index (χ3n) is 1.71. The van der Waals surface area contributed by atoms with Gasteiger partial charge >= 0.3 is 0 Å². The maximum atomic E-state index is 5.64. The molecule has 0 aliphatic heterocycles. The van der Waals surface area contributed by atoms with Crippen molar-refractivity contribution in [2.75, 3.05) is 0 Å². The monoisotopic (exact) mass is 145 g/mol. The van der Waals surface area contributed by atoms with Crippen LogP contribution in [-0.4, -0.2) is 10.6 Å². The summed E-state index contributed by atoms with van der Waals surface area (Å²) in [5, 5.41) is 1.22. The third-order valence-corrected chi connectivity index (χ3v) is 2.99. The van der Waals surface area contributed by atoms with Crippen LogP contribution in [0.4, 0.5) is 0 Å². The number of rotatable bonds is 2. The van der Waals surface area contributed by atoms with Gasteiger partial charge in [0.2, 0.25) is 0 Å². The van der Waals surface area contributed by atoms with Crippen molar-refractivity contribution in [1.82, 2.24) is 0 Å². The third kappa shape index (κ3) is 2.59. The SMILES string of the molecule is CC(N)SC1CCCC1. The first-order valence-corrected chi connectivity index (χ1v) is 4.64. The van der Waals surface area contributed by atoms with E-state index >= 15 is 0 Å². The number of nitrogens with two attached hydrogens (primary N) is 1. The zero-order valence-corrected chi connectivity index (χ0v) is 6.79. The van der Waals surface area contributed by atoms with E-state index in [0.29, 0.717) is 5.37 Å². The molecule has 2 N–H and O–H groups in total. The molecule has 0 amide bonds. The van der Waals surface area contributed by atoms with Crippen LogP contribution in [0.15, 0.2) is 0 Å². The molecule has 0 heterocycles. The average Bonchev–Trinajstić information content (AvgIpc) is 2.15. The molecule has 0 bridgehead atoms. The average molecular weight is 145 g/mol. The van der Waals surface area contributed by atoms with Crippen molar-refractivity contribution in [1.29, 1.82) is 0 Å². The minimum absolute atomic E-state index is 0.341. The van der Waals surface area contributed by atoms with Crippen molar-refractivity contribution in [2.24, 2.45) is 5.73 Å². The molecule has 2 heteroatoms. The Labute approximate surface area is 61.4 Å². The molecule has 0 aromatic carbocycles. The van der Waals surface area contributed by atoms with Crippen LogP contribution in [0.5, 0.6) is 0 Å². The summed E-state index contributed by atoms with van der Waals surface area (Å²) < 4.78 is 0. The van der Waals surface area contributed by atoms with Crippen LogP contribution in [0.1, 0.15) is 32.6 Å². The molecular formula is C7H15NS. The van der Waals surface area contributed by atoms with Gasteiger partial charge in [-0.2, -0.15) is 0 Å². The van der Waals surface area contributed by atoms with E-state index in [-0.39, 0.29) is 0 Å². The summed E-state index contributed by atoms with van der Waals surface area (Å²) in [5.41, 5.74) is 5.64. The van der Waals surface area contributed by atoms with E-state index in [2.05, 4.69) is 6.92 Å². The van der Waals surface area contributed by atoms with E-state index < -0.39 is 0 Å². The van der Waals surface area contributed by atoms with E-state index in [1.165, 1.54) is 25.7 Å². The fraction of sp³-hybridized carbons (Fsp3) is 1.00. The Morgan fingerprint density at radius 2 is 2.00 bits per heavy atom. The molecule has 1 saturated carbocycles. The van der Waals surface area contributed by atoms with Crippen LogP contribution in [-0.2, 0) is 0 Å². The molecular weight excluding hydrogens is 130 g/mol. The minimum Gasteiger partial charge on any atom is -0.320 e. The lowest BCUT2D eigenvalue weighted by molar-refractivity contribution is 0.886. The van der Waals surface area contributed by atoms with Crippen LogP contribution in [0.25, 0.3) is 0 Å². The van der Waals surface area contributed by atoms with Gasteiger partial charge in [-0.15, -0.1) is 11.8 Å². The first-order valence-electron chi connectivity index (χ1n) is 3.70. The molecule has 0 radical (unpaired) electrons. The van der Waals surface area contributed by atoms with Crippen molar-refractivity contribution >= 4 is 11.8 Å². The van der Waals surface area contributed by atoms with Crippen molar-refractivity contribution in [3.63, 3.8) is 0 Å². The molecule has 1 atom stereocenters. The lowest BCUT2D eigenvalue weighted by atomic mass is 10.4. The van der Waals surface area contributed by atoms with Crippen molar-refractivity contribution in [3.8, 4) is 0 Å². The van der Waals surface area contributed by atoms with Gasteiger partial charge in [-0.1, -0.05) is 12.8 Å². The Bertz CT molecular complexity index is 77.0. The van der Waals surface area contributed by atoms with Gasteiger partial charge in [0.25, 0.3) is 0 Å². The Kier molecular flexibility index (Phi) is 2.86. The first kappa shape index (κ1) is 7.42. The van der Waals surface area contributed by atoms with E-state index in [9.17, 15) is 0 Å². The summed E-state index contributed by atoms with van der Waals surface area (Å²) in [7, 11) is 0. The summed E-state index contributed by atoms with van der Waals surface area (Å²) in [4.78, 5) is 0. The molecule has 54 valence electrons. The van der Waals surface area contributed by atoms with Crippen LogP contribution < -0.4 is 5.73 Å². The molecule has 1 unspecified atom stereocenters. The highest BCUT2D eigenvalue weighted by Crippen LogP contribution is 2.30. The highest BCUT2D eigenvalue weighted by atomic mass is 32.2. The van der Waals surface area contributed by atoms with E-state index in [4.69, 9.17) is 5.73 Å². The van der Waals surface area contributed by atoms with Crippen LogP contribution in [0.3, 0.4) is 0 Å². The highest BCUT2D eigenvalue weighted by molar-refractivity contribution is 8.00. The van der Waals surface area contributed by atoms with Gasteiger partial charge in [0.1, 0.15) is 0 Å². The molecule has 0 saturated heterocycles. The Balaban J connectivity index is 2.11. The van der Waals surface area contributed by atoms with Gasteiger partial charge in [0, 0.05) is 10.6 Å². The quantitative estimate of drug-likeness (QED) is 0.601. The predicted octanol–water partition coefficient (Wildman–Crippen LogP) is 1.97. The molecule has 1 aliphatic carbocycles. The van der Waals surface area contributed by atoms with Gasteiger partial charge in [-0.3, -0.25) is 0 Å². The van der Waals surface area contributed by atoms with Crippen molar-refractivity contribution in [2.45, 2.75) is 43.2 Å². The highest BCUT2D eigenvalue weighted by Gasteiger charge is 2.16. The molecule has 0 spiro atoms. The van der Waals surface area contributed by atoms with E-state index in [1.54, 1.807) is 0 Å². The minimum atomic E-state index is 0.341. The van der Waals surface area contributed by atoms with Gasteiger partial charge in [-0.05, 0) is 19.8 Å². The smallest absolute Gasteiger partial charge is 0.0481 e. The normalized spacial score (nSPS) is 24.7. The largest absolute Gasteiger partial charge is 0.320 e. The van der Waals surface area contributed by atoms with Gasteiger partial charge < -0.3 is 5.73 Å². The van der Waals surface area contributed by atoms with Crippen molar-refractivity contribution < 1.29 is 0 Å². The number of hydrogen-bond donors (Lipinski definition) is 1. The molecule has 1 fully saturated rings. The molecule has 0 aromatic rings. The maximum absolute atomic E-state index is 5.64. The molecule has 9 heavy (non-hydrogen) atoms. The second-order valence-electron chi connectivity index (χ2n) is 2.75. The second-order valence-corrected chi connectivity index (χ2v) is 4.43. The lowest BCUT2D eigenvalue weighted by Crippen LogP contribution is -2.13. The molecule has 1 nitrogen and oxygen atoms in total. The standard InChI is InChI=1S/C7H15NS/c1-6(8)9-7-4-2-3-5-7/h6-7H,2-5,8H2,1H3. The number of thioether (sulfide) groups is 1. The zero-order valence-electron chi connectivity index (χ0n) is 5.97.